The maximum absolute atomic E-state index is 6.32. The first-order valence-electron chi connectivity index (χ1n) is 10.5. The molecule has 4 nitrogen and oxygen atoms in total. The van der Waals surface area contributed by atoms with Crippen LogP contribution in [0.3, 0.4) is 0 Å². The molecule has 0 spiro atoms. The Balaban J connectivity index is 1.81. The van der Waals surface area contributed by atoms with E-state index < -0.39 is 0 Å². The molecule has 0 amide bonds. The molecule has 0 fully saturated rings. The Bertz CT molecular complexity index is 1410. The lowest BCUT2D eigenvalue weighted by molar-refractivity contribution is 0.648. The van der Waals surface area contributed by atoms with Crippen LogP contribution in [0.5, 0.6) is 0 Å². The van der Waals surface area contributed by atoms with Crippen molar-refractivity contribution in [3.8, 4) is 11.3 Å². The molecule has 5 aromatic rings. The summed E-state index contributed by atoms with van der Waals surface area (Å²) in [7, 11) is 0. The summed E-state index contributed by atoms with van der Waals surface area (Å²) in [5.74, 6) is 0.805. The zero-order valence-corrected chi connectivity index (χ0v) is 18.0. The Morgan fingerprint density at radius 3 is 2.37 bits per heavy atom. The third-order valence-corrected chi connectivity index (χ3v) is 5.78. The smallest absolute Gasteiger partial charge is 0.227 e. The Morgan fingerprint density at radius 1 is 0.800 bits per heavy atom. The van der Waals surface area contributed by atoms with Crippen LogP contribution >= 0.6 is 0 Å². The standard InChI is InChI=1S/C26H25N3O/c1-14(2)17-6-7-19-23(12-17)27-13-28-24(19)21-11-16(5)10-20-18-8-9-22(15(3)4)29-26(18)30-25(20)21/h6-15H,1-5H3. The van der Waals surface area contributed by atoms with Crippen LogP contribution in [0, 0.1) is 6.92 Å². The number of hydrogen-bond acceptors (Lipinski definition) is 4. The molecule has 0 saturated heterocycles. The highest BCUT2D eigenvalue weighted by atomic mass is 16.3. The summed E-state index contributed by atoms with van der Waals surface area (Å²) in [4.78, 5) is 14.0. The molecule has 4 heteroatoms. The van der Waals surface area contributed by atoms with Crippen molar-refractivity contribution in [2.24, 2.45) is 0 Å². The lowest BCUT2D eigenvalue weighted by atomic mass is 9.97. The minimum atomic E-state index is 0.352. The molecule has 30 heavy (non-hydrogen) atoms. The third-order valence-electron chi connectivity index (χ3n) is 5.78. The number of hydrogen-bond donors (Lipinski definition) is 0. The van der Waals surface area contributed by atoms with Gasteiger partial charge in [-0.1, -0.05) is 39.8 Å². The number of rotatable bonds is 3. The van der Waals surface area contributed by atoms with Crippen molar-refractivity contribution >= 4 is 33.0 Å². The number of aryl methyl sites for hydroxylation is 1. The van der Waals surface area contributed by atoms with Gasteiger partial charge in [0.05, 0.1) is 11.2 Å². The molecule has 0 unspecified atom stereocenters. The van der Waals surface area contributed by atoms with Crippen LogP contribution in [0.2, 0.25) is 0 Å². The van der Waals surface area contributed by atoms with Crippen LogP contribution in [-0.2, 0) is 0 Å². The second-order valence-corrected chi connectivity index (χ2v) is 8.69. The third kappa shape index (κ3) is 2.95. The molecule has 0 aliphatic rings. The zero-order chi connectivity index (χ0) is 21.0. The van der Waals surface area contributed by atoms with E-state index in [-0.39, 0.29) is 0 Å². The topological polar surface area (TPSA) is 51.8 Å². The number of benzene rings is 2. The Labute approximate surface area is 176 Å². The van der Waals surface area contributed by atoms with E-state index in [0.717, 1.165) is 44.2 Å². The first kappa shape index (κ1) is 18.7. The first-order valence-corrected chi connectivity index (χ1v) is 10.5. The maximum Gasteiger partial charge on any atom is 0.227 e. The molecule has 0 saturated carbocycles. The fourth-order valence-corrected chi connectivity index (χ4v) is 4.06. The summed E-state index contributed by atoms with van der Waals surface area (Å²) in [5.41, 5.74) is 7.83. The van der Waals surface area contributed by atoms with Crippen LogP contribution in [0.1, 0.15) is 56.4 Å². The van der Waals surface area contributed by atoms with Crippen molar-refractivity contribution in [1.29, 1.82) is 0 Å². The minimum absolute atomic E-state index is 0.352. The highest BCUT2D eigenvalue weighted by Crippen LogP contribution is 2.38. The van der Waals surface area contributed by atoms with E-state index in [0.29, 0.717) is 17.5 Å². The molecule has 0 N–H and O–H groups in total. The molecule has 3 aromatic heterocycles. The predicted molar refractivity (Wildman–Crippen MR) is 123 cm³/mol. The van der Waals surface area contributed by atoms with Crippen molar-refractivity contribution in [1.82, 2.24) is 15.0 Å². The average molecular weight is 396 g/mol. The van der Waals surface area contributed by atoms with Crippen LogP contribution in [-0.4, -0.2) is 15.0 Å². The highest BCUT2D eigenvalue weighted by Gasteiger charge is 2.18. The van der Waals surface area contributed by atoms with Gasteiger partial charge in [0, 0.05) is 27.4 Å². The second kappa shape index (κ2) is 6.91. The van der Waals surface area contributed by atoms with Gasteiger partial charge < -0.3 is 4.42 Å². The van der Waals surface area contributed by atoms with E-state index in [9.17, 15) is 0 Å². The monoisotopic (exact) mass is 395 g/mol. The molecule has 0 aliphatic carbocycles. The van der Waals surface area contributed by atoms with E-state index in [1.54, 1.807) is 6.33 Å². The lowest BCUT2D eigenvalue weighted by Crippen LogP contribution is -1.93. The Hall–Kier alpha value is -3.27. The van der Waals surface area contributed by atoms with Gasteiger partial charge in [-0.15, -0.1) is 0 Å². The normalized spacial score (nSPS) is 12.1. The van der Waals surface area contributed by atoms with Gasteiger partial charge in [-0.2, -0.15) is 0 Å². The average Bonchev–Trinajstić information content (AvgIpc) is 3.10. The largest absolute Gasteiger partial charge is 0.437 e. The van der Waals surface area contributed by atoms with Gasteiger partial charge in [-0.3, -0.25) is 0 Å². The second-order valence-electron chi connectivity index (χ2n) is 8.69. The van der Waals surface area contributed by atoms with Crippen LogP contribution < -0.4 is 0 Å². The van der Waals surface area contributed by atoms with Gasteiger partial charge in [-0.25, -0.2) is 15.0 Å². The molecule has 0 atom stereocenters. The van der Waals surface area contributed by atoms with Crippen LogP contribution in [0.4, 0.5) is 0 Å². The highest BCUT2D eigenvalue weighted by molar-refractivity contribution is 6.10. The van der Waals surface area contributed by atoms with E-state index in [1.807, 2.05) is 0 Å². The SMILES string of the molecule is Cc1cc(-c2ncnc3cc(C(C)C)ccc23)c2oc3nc(C(C)C)ccc3c2c1. The summed E-state index contributed by atoms with van der Waals surface area (Å²) < 4.78 is 6.32. The molecule has 5 rings (SSSR count). The summed E-state index contributed by atoms with van der Waals surface area (Å²) in [6.45, 7) is 10.8. The fourth-order valence-electron chi connectivity index (χ4n) is 4.06. The number of fused-ring (bicyclic) bond motifs is 4. The number of pyridine rings is 1. The fraction of sp³-hybridized carbons (Fsp3) is 0.269. The van der Waals surface area contributed by atoms with Gasteiger partial charge >= 0.3 is 0 Å². The van der Waals surface area contributed by atoms with Crippen molar-refractivity contribution in [2.75, 3.05) is 0 Å². The summed E-state index contributed by atoms with van der Waals surface area (Å²) >= 11 is 0. The molecular formula is C26H25N3O. The first-order chi connectivity index (χ1) is 14.4. The Morgan fingerprint density at radius 2 is 1.60 bits per heavy atom. The molecule has 3 heterocycles. The van der Waals surface area contributed by atoms with Gasteiger partial charge in [0.1, 0.15) is 11.9 Å². The summed E-state index contributed by atoms with van der Waals surface area (Å²) in [6.07, 6.45) is 1.65. The van der Waals surface area contributed by atoms with Crippen molar-refractivity contribution in [3.05, 3.63) is 65.6 Å². The van der Waals surface area contributed by atoms with Gasteiger partial charge in [0.15, 0.2) is 0 Å². The maximum atomic E-state index is 6.32. The van der Waals surface area contributed by atoms with E-state index in [2.05, 4.69) is 87.1 Å². The van der Waals surface area contributed by atoms with E-state index in [1.165, 1.54) is 11.1 Å². The zero-order valence-electron chi connectivity index (χ0n) is 18.0. The van der Waals surface area contributed by atoms with Crippen LogP contribution in [0.15, 0.2) is 53.2 Å². The Kier molecular flexibility index (Phi) is 4.31. The summed E-state index contributed by atoms with van der Waals surface area (Å²) in [6, 6.07) is 15.0. The number of furan rings is 1. The van der Waals surface area contributed by atoms with Crippen molar-refractivity contribution in [3.63, 3.8) is 0 Å². The van der Waals surface area contributed by atoms with Gasteiger partial charge in [0.2, 0.25) is 5.71 Å². The molecular weight excluding hydrogens is 370 g/mol. The van der Waals surface area contributed by atoms with E-state index >= 15 is 0 Å². The molecule has 2 aromatic carbocycles. The van der Waals surface area contributed by atoms with Gasteiger partial charge in [-0.05, 0) is 60.2 Å². The van der Waals surface area contributed by atoms with Crippen LogP contribution in [0.25, 0.3) is 44.2 Å². The number of nitrogens with zero attached hydrogens (tertiary/aromatic N) is 3. The van der Waals surface area contributed by atoms with Gasteiger partial charge in [0.25, 0.3) is 0 Å². The predicted octanol–water partition coefficient (Wildman–Crippen LogP) is 7.15. The van der Waals surface area contributed by atoms with Crippen molar-refractivity contribution in [2.45, 2.75) is 46.5 Å². The van der Waals surface area contributed by atoms with E-state index in [4.69, 9.17) is 9.40 Å². The summed E-state index contributed by atoms with van der Waals surface area (Å²) in [5, 5.41) is 3.15. The molecule has 0 bridgehead atoms. The minimum Gasteiger partial charge on any atom is -0.437 e. The number of aromatic nitrogens is 3. The molecule has 0 aliphatic heterocycles. The molecule has 0 radical (unpaired) electrons. The quantitative estimate of drug-likeness (QED) is 0.325. The van der Waals surface area contributed by atoms with Crippen molar-refractivity contribution < 1.29 is 4.42 Å². The molecule has 150 valence electrons. The lowest BCUT2D eigenvalue weighted by Gasteiger charge is -2.10.